The monoisotopic (exact) mass is 198 g/mol. The Bertz CT molecular complexity index is 188. The zero-order valence-electron chi connectivity index (χ0n) is 9.25. The summed E-state index contributed by atoms with van der Waals surface area (Å²) in [7, 11) is 0. The van der Waals surface area contributed by atoms with Gasteiger partial charge in [0.05, 0.1) is 6.04 Å². The summed E-state index contributed by atoms with van der Waals surface area (Å²) in [4.78, 5) is 11.4. The van der Waals surface area contributed by atoms with Crippen LogP contribution in [0, 0.1) is 11.8 Å². The third-order valence-corrected chi connectivity index (χ3v) is 3.10. The number of rotatable bonds is 5. The molecule has 1 aliphatic rings. The van der Waals surface area contributed by atoms with E-state index in [1.54, 1.807) is 0 Å². The standard InChI is InChI=1S/C11H22N2O/c1-8(2)10(12)11(14)13-7-6-9-4-3-5-9/h8-10H,3-7,12H2,1-2H3,(H,13,14)/t10-/m0/s1. The molecule has 3 heteroatoms. The van der Waals surface area contributed by atoms with E-state index in [9.17, 15) is 4.79 Å². The summed E-state index contributed by atoms with van der Waals surface area (Å²) < 4.78 is 0. The third-order valence-electron chi connectivity index (χ3n) is 3.10. The predicted molar refractivity (Wildman–Crippen MR) is 57.8 cm³/mol. The molecule has 14 heavy (non-hydrogen) atoms. The highest BCUT2D eigenvalue weighted by Crippen LogP contribution is 2.28. The van der Waals surface area contributed by atoms with Crippen LogP contribution in [-0.4, -0.2) is 18.5 Å². The highest BCUT2D eigenvalue weighted by Gasteiger charge is 2.19. The zero-order chi connectivity index (χ0) is 10.6. The maximum absolute atomic E-state index is 11.4. The van der Waals surface area contributed by atoms with Gasteiger partial charge in [-0.1, -0.05) is 33.1 Å². The summed E-state index contributed by atoms with van der Waals surface area (Å²) in [6.07, 6.45) is 5.17. The Balaban J connectivity index is 2.07. The number of nitrogens with one attached hydrogen (secondary N) is 1. The van der Waals surface area contributed by atoms with E-state index in [2.05, 4.69) is 5.32 Å². The topological polar surface area (TPSA) is 55.1 Å². The first-order valence-electron chi connectivity index (χ1n) is 5.64. The second-order valence-corrected chi connectivity index (χ2v) is 4.65. The van der Waals surface area contributed by atoms with Crippen LogP contribution in [0.3, 0.4) is 0 Å². The van der Waals surface area contributed by atoms with Crippen LogP contribution >= 0.6 is 0 Å². The van der Waals surface area contributed by atoms with E-state index in [0.29, 0.717) is 0 Å². The van der Waals surface area contributed by atoms with Gasteiger partial charge in [0.25, 0.3) is 0 Å². The molecule has 0 aromatic rings. The molecule has 0 radical (unpaired) electrons. The minimum absolute atomic E-state index is 0.000626. The zero-order valence-corrected chi connectivity index (χ0v) is 9.25. The Labute approximate surface area is 86.4 Å². The molecule has 0 spiro atoms. The highest BCUT2D eigenvalue weighted by atomic mass is 16.2. The summed E-state index contributed by atoms with van der Waals surface area (Å²) in [6, 6.07) is -0.351. The molecule has 0 unspecified atom stereocenters. The van der Waals surface area contributed by atoms with Crippen molar-refractivity contribution < 1.29 is 4.79 Å². The van der Waals surface area contributed by atoms with Crippen molar-refractivity contribution in [1.29, 1.82) is 0 Å². The van der Waals surface area contributed by atoms with Crippen LogP contribution in [0.4, 0.5) is 0 Å². The van der Waals surface area contributed by atoms with Crippen LogP contribution in [0.25, 0.3) is 0 Å². The fourth-order valence-corrected chi connectivity index (χ4v) is 1.60. The van der Waals surface area contributed by atoms with Crippen LogP contribution < -0.4 is 11.1 Å². The molecule has 0 bridgehead atoms. The van der Waals surface area contributed by atoms with Gasteiger partial charge in [-0.05, 0) is 18.3 Å². The molecule has 0 aromatic carbocycles. The van der Waals surface area contributed by atoms with Gasteiger partial charge in [-0.3, -0.25) is 4.79 Å². The Hall–Kier alpha value is -0.570. The fraction of sp³-hybridized carbons (Fsp3) is 0.909. The number of nitrogens with two attached hydrogens (primary N) is 1. The summed E-state index contributed by atoms with van der Waals surface area (Å²) in [5.74, 6) is 1.07. The Morgan fingerprint density at radius 3 is 2.57 bits per heavy atom. The first-order chi connectivity index (χ1) is 6.61. The van der Waals surface area contributed by atoms with Crippen molar-refractivity contribution in [2.45, 2.75) is 45.6 Å². The first-order valence-corrected chi connectivity index (χ1v) is 5.64. The largest absolute Gasteiger partial charge is 0.355 e. The Kier molecular flexibility index (Phi) is 4.39. The van der Waals surface area contributed by atoms with E-state index in [1.165, 1.54) is 19.3 Å². The summed E-state index contributed by atoms with van der Waals surface area (Å²) in [6.45, 7) is 4.73. The van der Waals surface area contributed by atoms with E-state index >= 15 is 0 Å². The van der Waals surface area contributed by atoms with Gasteiger partial charge in [0.2, 0.25) is 5.91 Å². The van der Waals surface area contributed by atoms with Gasteiger partial charge < -0.3 is 11.1 Å². The predicted octanol–water partition coefficient (Wildman–Crippen LogP) is 1.28. The lowest BCUT2D eigenvalue weighted by Gasteiger charge is -2.25. The Morgan fingerprint density at radius 2 is 2.14 bits per heavy atom. The van der Waals surface area contributed by atoms with Crippen molar-refractivity contribution in [1.82, 2.24) is 5.32 Å². The lowest BCUT2D eigenvalue weighted by Crippen LogP contribution is -2.44. The average molecular weight is 198 g/mol. The molecule has 1 rings (SSSR count). The smallest absolute Gasteiger partial charge is 0.237 e. The van der Waals surface area contributed by atoms with Crippen LogP contribution in [-0.2, 0) is 4.79 Å². The fourth-order valence-electron chi connectivity index (χ4n) is 1.60. The molecule has 1 saturated carbocycles. The van der Waals surface area contributed by atoms with Crippen molar-refractivity contribution >= 4 is 5.91 Å². The van der Waals surface area contributed by atoms with Crippen LogP contribution in [0.1, 0.15) is 39.5 Å². The second-order valence-electron chi connectivity index (χ2n) is 4.65. The van der Waals surface area contributed by atoms with Gasteiger partial charge in [-0.25, -0.2) is 0 Å². The van der Waals surface area contributed by atoms with Gasteiger partial charge in [-0.2, -0.15) is 0 Å². The van der Waals surface area contributed by atoms with Crippen molar-refractivity contribution in [3.8, 4) is 0 Å². The number of carbonyl (C=O) groups excluding carboxylic acids is 1. The normalized spacial score (nSPS) is 19.1. The van der Waals surface area contributed by atoms with Crippen molar-refractivity contribution in [2.24, 2.45) is 17.6 Å². The van der Waals surface area contributed by atoms with Crippen LogP contribution in [0.5, 0.6) is 0 Å². The highest BCUT2D eigenvalue weighted by molar-refractivity contribution is 5.81. The molecule has 1 atom stereocenters. The van der Waals surface area contributed by atoms with E-state index in [0.717, 1.165) is 18.9 Å². The summed E-state index contributed by atoms with van der Waals surface area (Å²) in [5, 5.41) is 2.90. The van der Waals surface area contributed by atoms with E-state index in [-0.39, 0.29) is 17.9 Å². The molecule has 82 valence electrons. The Morgan fingerprint density at radius 1 is 1.50 bits per heavy atom. The lowest BCUT2D eigenvalue weighted by atomic mass is 9.83. The van der Waals surface area contributed by atoms with Gasteiger partial charge in [0, 0.05) is 6.54 Å². The minimum atomic E-state index is -0.351. The van der Waals surface area contributed by atoms with Crippen molar-refractivity contribution in [3.63, 3.8) is 0 Å². The number of hydrogen-bond donors (Lipinski definition) is 2. The second kappa shape index (κ2) is 5.35. The quantitative estimate of drug-likeness (QED) is 0.699. The molecule has 3 N–H and O–H groups in total. The number of amides is 1. The molecular formula is C11H22N2O. The summed E-state index contributed by atoms with van der Waals surface area (Å²) >= 11 is 0. The molecule has 3 nitrogen and oxygen atoms in total. The minimum Gasteiger partial charge on any atom is -0.355 e. The molecule has 1 amide bonds. The molecule has 1 fully saturated rings. The number of carbonyl (C=O) groups is 1. The maximum Gasteiger partial charge on any atom is 0.237 e. The van der Waals surface area contributed by atoms with Gasteiger partial charge >= 0.3 is 0 Å². The molecule has 0 heterocycles. The van der Waals surface area contributed by atoms with Gasteiger partial charge in [0.15, 0.2) is 0 Å². The van der Waals surface area contributed by atoms with Crippen LogP contribution in [0.2, 0.25) is 0 Å². The summed E-state index contributed by atoms with van der Waals surface area (Å²) in [5.41, 5.74) is 5.71. The third kappa shape index (κ3) is 3.29. The van der Waals surface area contributed by atoms with Crippen molar-refractivity contribution in [2.75, 3.05) is 6.54 Å². The molecular weight excluding hydrogens is 176 g/mol. The van der Waals surface area contributed by atoms with E-state index < -0.39 is 0 Å². The number of hydrogen-bond acceptors (Lipinski definition) is 2. The lowest BCUT2D eigenvalue weighted by molar-refractivity contribution is -0.123. The van der Waals surface area contributed by atoms with Gasteiger partial charge in [0.1, 0.15) is 0 Å². The van der Waals surface area contributed by atoms with E-state index in [4.69, 9.17) is 5.73 Å². The van der Waals surface area contributed by atoms with E-state index in [1.807, 2.05) is 13.8 Å². The molecule has 0 saturated heterocycles. The molecule has 0 aliphatic heterocycles. The SMILES string of the molecule is CC(C)[C@H](N)C(=O)NCCC1CCC1. The molecule has 0 aromatic heterocycles. The van der Waals surface area contributed by atoms with Gasteiger partial charge in [-0.15, -0.1) is 0 Å². The molecule has 1 aliphatic carbocycles. The first kappa shape index (κ1) is 11.5. The maximum atomic E-state index is 11.4. The van der Waals surface area contributed by atoms with Crippen molar-refractivity contribution in [3.05, 3.63) is 0 Å². The average Bonchev–Trinajstić information content (AvgIpc) is 2.07. The van der Waals surface area contributed by atoms with Crippen LogP contribution in [0.15, 0.2) is 0 Å².